The monoisotopic (exact) mass is 301 g/mol. The number of aromatic carboxylic acids is 1. The molecule has 2 aliphatic heterocycles. The molecule has 1 saturated carbocycles. The standard InChI is InChI=1S/C15H19N5O2/c1-10-17-14(20-5-11-4-12(11)6-20)2-3-19(10)9-18-7-13(15(21)22)16-8-18/h2-3,7-8,10-12H,4-6,9H2,1H3,(H,21,22). The molecule has 1 aliphatic carbocycles. The van der Waals surface area contributed by atoms with E-state index in [-0.39, 0.29) is 11.9 Å². The van der Waals surface area contributed by atoms with Crippen molar-refractivity contribution in [3.05, 3.63) is 30.5 Å². The van der Waals surface area contributed by atoms with Gasteiger partial charge in [0.2, 0.25) is 0 Å². The molecule has 3 unspecified atom stereocenters. The minimum atomic E-state index is -1.01. The lowest BCUT2D eigenvalue weighted by Crippen LogP contribution is -2.37. The first kappa shape index (κ1) is 13.4. The Labute approximate surface area is 128 Å². The van der Waals surface area contributed by atoms with E-state index >= 15 is 0 Å². The van der Waals surface area contributed by atoms with Crippen molar-refractivity contribution in [1.82, 2.24) is 19.4 Å². The molecule has 1 aromatic heterocycles. The Kier molecular flexibility index (Phi) is 2.95. The Bertz CT molecular complexity index is 655. The first-order valence-corrected chi connectivity index (χ1v) is 7.62. The molecular weight excluding hydrogens is 282 g/mol. The van der Waals surface area contributed by atoms with Crippen LogP contribution in [0, 0.1) is 11.8 Å². The van der Waals surface area contributed by atoms with Gasteiger partial charge in [-0.25, -0.2) is 14.8 Å². The van der Waals surface area contributed by atoms with E-state index in [0.29, 0.717) is 6.67 Å². The molecule has 2 fully saturated rings. The number of likely N-dealkylation sites (tertiary alicyclic amines) is 1. The molecule has 1 saturated heterocycles. The summed E-state index contributed by atoms with van der Waals surface area (Å²) in [5.74, 6) is 1.86. The predicted molar refractivity (Wildman–Crippen MR) is 80.2 cm³/mol. The highest BCUT2D eigenvalue weighted by Crippen LogP contribution is 2.45. The van der Waals surface area contributed by atoms with Crippen LogP contribution in [0.2, 0.25) is 0 Å². The van der Waals surface area contributed by atoms with Gasteiger partial charge in [-0.1, -0.05) is 0 Å². The number of carboxylic acids is 1. The number of carboxylic acid groups (broad SMARTS) is 1. The third-order valence-electron chi connectivity index (χ3n) is 4.70. The van der Waals surface area contributed by atoms with Gasteiger partial charge in [-0.3, -0.25) is 0 Å². The number of carbonyl (C=O) groups is 1. The van der Waals surface area contributed by atoms with Crippen LogP contribution in [0.1, 0.15) is 23.8 Å². The minimum Gasteiger partial charge on any atom is -0.476 e. The minimum absolute atomic E-state index is 0.0348. The summed E-state index contributed by atoms with van der Waals surface area (Å²) < 4.78 is 1.76. The Morgan fingerprint density at radius 1 is 1.41 bits per heavy atom. The number of amidine groups is 1. The molecule has 0 amide bonds. The fourth-order valence-electron chi connectivity index (χ4n) is 3.27. The SMILES string of the molecule is CC1N=C(N2CC3CC3C2)C=CN1Cn1cnc(C(=O)O)c1. The molecule has 7 nitrogen and oxygen atoms in total. The molecule has 0 spiro atoms. The number of nitrogens with zero attached hydrogens (tertiary/aromatic N) is 5. The van der Waals surface area contributed by atoms with Gasteiger partial charge in [0.25, 0.3) is 0 Å². The number of aliphatic imine (C=N–C) groups is 1. The van der Waals surface area contributed by atoms with Crippen molar-refractivity contribution in [2.45, 2.75) is 26.2 Å². The zero-order valence-corrected chi connectivity index (χ0v) is 12.5. The highest BCUT2D eigenvalue weighted by molar-refractivity contribution is 5.93. The molecule has 0 aromatic carbocycles. The summed E-state index contributed by atoms with van der Waals surface area (Å²) in [5, 5.41) is 8.91. The van der Waals surface area contributed by atoms with Gasteiger partial charge in [0.05, 0.1) is 13.0 Å². The average Bonchev–Trinajstić information content (AvgIpc) is 2.89. The van der Waals surface area contributed by atoms with E-state index in [1.807, 2.05) is 6.20 Å². The highest BCUT2D eigenvalue weighted by atomic mass is 16.4. The summed E-state index contributed by atoms with van der Waals surface area (Å²) >= 11 is 0. The van der Waals surface area contributed by atoms with E-state index in [1.165, 1.54) is 18.9 Å². The fourth-order valence-corrected chi connectivity index (χ4v) is 3.27. The van der Waals surface area contributed by atoms with Crippen LogP contribution in [-0.4, -0.2) is 55.5 Å². The second-order valence-corrected chi connectivity index (χ2v) is 6.33. The number of piperidine rings is 1. The lowest BCUT2D eigenvalue weighted by Gasteiger charge is -2.31. The number of hydrogen-bond donors (Lipinski definition) is 1. The van der Waals surface area contributed by atoms with Crippen LogP contribution >= 0.6 is 0 Å². The van der Waals surface area contributed by atoms with Crippen molar-refractivity contribution in [2.24, 2.45) is 16.8 Å². The van der Waals surface area contributed by atoms with Crippen LogP contribution < -0.4 is 0 Å². The summed E-state index contributed by atoms with van der Waals surface area (Å²) in [4.78, 5) is 23.9. The topological polar surface area (TPSA) is 74.0 Å². The number of hydrogen-bond acceptors (Lipinski definition) is 5. The van der Waals surface area contributed by atoms with Crippen LogP contribution in [0.15, 0.2) is 29.8 Å². The largest absolute Gasteiger partial charge is 0.476 e. The number of rotatable bonds is 3. The Morgan fingerprint density at radius 2 is 2.18 bits per heavy atom. The molecule has 0 radical (unpaired) electrons. The molecule has 1 aromatic rings. The molecule has 22 heavy (non-hydrogen) atoms. The van der Waals surface area contributed by atoms with Gasteiger partial charge >= 0.3 is 5.97 Å². The summed E-state index contributed by atoms with van der Waals surface area (Å²) in [5.41, 5.74) is 0.0640. The van der Waals surface area contributed by atoms with Crippen LogP contribution in [0.3, 0.4) is 0 Å². The van der Waals surface area contributed by atoms with Crippen LogP contribution in [-0.2, 0) is 6.67 Å². The van der Waals surface area contributed by atoms with Crippen LogP contribution in [0.5, 0.6) is 0 Å². The van der Waals surface area contributed by atoms with E-state index in [1.54, 1.807) is 4.57 Å². The predicted octanol–water partition coefficient (Wildman–Crippen LogP) is 1.06. The van der Waals surface area contributed by atoms with E-state index in [0.717, 1.165) is 30.8 Å². The molecular formula is C15H19N5O2. The van der Waals surface area contributed by atoms with Crippen LogP contribution in [0.4, 0.5) is 0 Å². The van der Waals surface area contributed by atoms with Crippen molar-refractivity contribution in [2.75, 3.05) is 13.1 Å². The van der Waals surface area contributed by atoms with Gasteiger partial charge in [-0.05, 0) is 31.3 Å². The molecule has 0 bridgehead atoms. The normalized spacial score (nSPS) is 29.5. The van der Waals surface area contributed by atoms with Gasteiger partial charge in [-0.15, -0.1) is 0 Å². The smallest absolute Gasteiger partial charge is 0.356 e. The summed E-state index contributed by atoms with van der Waals surface area (Å²) in [6.07, 6.45) is 8.60. The Morgan fingerprint density at radius 3 is 2.82 bits per heavy atom. The fraction of sp³-hybridized carbons (Fsp3) is 0.533. The highest BCUT2D eigenvalue weighted by Gasteiger charge is 2.45. The maximum absolute atomic E-state index is 10.9. The third-order valence-corrected chi connectivity index (χ3v) is 4.70. The summed E-state index contributed by atoms with van der Waals surface area (Å²) in [6, 6.07) is 0. The van der Waals surface area contributed by atoms with E-state index in [4.69, 9.17) is 10.1 Å². The summed E-state index contributed by atoms with van der Waals surface area (Å²) in [6.45, 7) is 4.88. The molecule has 4 rings (SSSR count). The van der Waals surface area contributed by atoms with Gasteiger partial charge in [0, 0.05) is 25.5 Å². The molecule has 7 heteroatoms. The zero-order chi connectivity index (χ0) is 15.3. The average molecular weight is 301 g/mol. The molecule has 116 valence electrons. The van der Waals surface area contributed by atoms with Crippen molar-refractivity contribution in [3.63, 3.8) is 0 Å². The maximum atomic E-state index is 10.9. The van der Waals surface area contributed by atoms with Crippen molar-refractivity contribution in [1.29, 1.82) is 0 Å². The van der Waals surface area contributed by atoms with Gasteiger partial charge in [0.15, 0.2) is 5.69 Å². The van der Waals surface area contributed by atoms with E-state index in [2.05, 4.69) is 27.8 Å². The zero-order valence-electron chi connectivity index (χ0n) is 12.5. The molecule has 3 aliphatic rings. The first-order chi connectivity index (χ1) is 10.6. The van der Waals surface area contributed by atoms with Crippen molar-refractivity contribution >= 4 is 11.8 Å². The lowest BCUT2D eigenvalue weighted by molar-refractivity contribution is 0.0691. The van der Waals surface area contributed by atoms with Gasteiger partial charge in [-0.2, -0.15) is 0 Å². The molecule has 3 atom stereocenters. The van der Waals surface area contributed by atoms with Gasteiger partial charge < -0.3 is 19.5 Å². The van der Waals surface area contributed by atoms with E-state index < -0.39 is 5.97 Å². The van der Waals surface area contributed by atoms with E-state index in [9.17, 15) is 4.79 Å². The number of aromatic nitrogens is 2. The lowest BCUT2D eigenvalue weighted by atomic mass is 10.3. The Balaban J connectivity index is 1.41. The number of fused-ring (bicyclic) bond motifs is 1. The summed E-state index contributed by atoms with van der Waals surface area (Å²) in [7, 11) is 0. The maximum Gasteiger partial charge on any atom is 0.356 e. The third kappa shape index (κ3) is 2.36. The first-order valence-electron chi connectivity index (χ1n) is 7.62. The quantitative estimate of drug-likeness (QED) is 0.904. The number of imidazole rings is 1. The van der Waals surface area contributed by atoms with Crippen LogP contribution in [0.25, 0.3) is 0 Å². The van der Waals surface area contributed by atoms with Crippen molar-refractivity contribution in [3.8, 4) is 0 Å². The second-order valence-electron chi connectivity index (χ2n) is 6.33. The Hall–Kier alpha value is -2.31. The molecule has 1 N–H and O–H groups in total. The second kappa shape index (κ2) is 4.86. The van der Waals surface area contributed by atoms with Gasteiger partial charge in [0.1, 0.15) is 12.0 Å². The molecule has 3 heterocycles. The van der Waals surface area contributed by atoms with Crippen molar-refractivity contribution < 1.29 is 9.90 Å².